The summed E-state index contributed by atoms with van der Waals surface area (Å²) in [6.45, 7) is 0. The molecular formula is C30H30N4O8S. The third kappa shape index (κ3) is 9.49. The molecule has 0 fully saturated rings. The maximum atomic E-state index is 13.3. The van der Waals surface area contributed by atoms with Crippen molar-refractivity contribution in [1.82, 2.24) is 10.6 Å². The standard InChI is InChI=1S/C30H30N4O8S/c31-16-22-8-4-5-9-23(22)20-12-10-19(11-13-20)17-43(41,42)18-25(33-26(35)15-14-24(32)29(37)38)28(36)34-27(30(39)40)21-6-2-1-3-7-21/h1-13,24-25,27H,14-15,17-18,32H2,(H,33,35)(H,34,36)(H,37,38)(H,39,40)/t24-,25-,27?/m0/s1/i/hD. The molecule has 0 aromatic heterocycles. The van der Waals surface area contributed by atoms with Crippen LogP contribution in [0.25, 0.3) is 11.1 Å². The van der Waals surface area contributed by atoms with Crippen molar-refractivity contribution in [3.63, 3.8) is 0 Å². The first kappa shape index (κ1) is 30.9. The van der Waals surface area contributed by atoms with Gasteiger partial charge in [0.1, 0.15) is 12.1 Å². The number of rotatable bonds is 14. The maximum absolute atomic E-state index is 13.3. The lowest BCUT2D eigenvalue weighted by molar-refractivity contribution is -0.142. The molecule has 3 rings (SSSR count). The highest BCUT2D eigenvalue weighted by Gasteiger charge is 2.31. The maximum Gasteiger partial charge on any atom is 0.330 e. The third-order valence-electron chi connectivity index (χ3n) is 6.37. The van der Waals surface area contributed by atoms with Gasteiger partial charge in [-0.3, -0.25) is 14.4 Å². The predicted octanol–water partition coefficient (Wildman–Crippen LogP) is 1.76. The van der Waals surface area contributed by atoms with Gasteiger partial charge in [-0.1, -0.05) is 72.8 Å². The predicted molar refractivity (Wildman–Crippen MR) is 156 cm³/mol. The van der Waals surface area contributed by atoms with Crippen LogP contribution in [0.1, 0.15) is 35.6 Å². The molecule has 3 aromatic rings. The van der Waals surface area contributed by atoms with Gasteiger partial charge in [0, 0.05) is 6.42 Å². The molecule has 0 saturated heterocycles. The number of aliphatic carboxylic acids is 2. The monoisotopic (exact) mass is 607 g/mol. The molecule has 43 heavy (non-hydrogen) atoms. The molecule has 0 saturated carbocycles. The Kier molecular flexibility index (Phi) is 10.6. The molecule has 6 N–H and O–H groups in total. The normalized spacial score (nSPS) is 13.4. The van der Waals surface area contributed by atoms with Crippen LogP contribution in [0.2, 0.25) is 1.41 Å². The van der Waals surface area contributed by atoms with Crippen molar-refractivity contribution in [1.29, 1.82) is 5.26 Å². The number of nitrogens with two attached hydrogens (primary N) is 1. The molecule has 0 heterocycles. The highest BCUT2D eigenvalue weighted by atomic mass is 32.2. The van der Waals surface area contributed by atoms with Crippen molar-refractivity contribution in [2.45, 2.75) is 36.7 Å². The minimum Gasteiger partial charge on any atom is -0.480 e. The van der Waals surface area contributed by atoms with E-state index in [1.165, 1.54) is 36.4 Å². The van der Waals surface area contributed by atoms with Gasteiger partial charge in [0.2, 0.25) is 11.8 Å². The van der Waals surface area contributed by atoms with Gasteiger partial charge in [-0.25, -0.2) is 13.2 Å². The second-order valence-corrected chi connectivity index (χ2v) is 11.7. The van der Waals surface area contributed by atoms with Crippen LogP contribution in [-0.4, -0.2) is 60.2 Å². The third-order valence-corrected chi connectivity index (χ3v) is 7.96. The number of nitriles is 1. The Morgan fingerprint density at radius 1 is 0.930 bits per heavy atom. The second kappa shape index (κ2) is 14.7. The van der Waals surface area contributed by atoms with Crippen molar-refractivity contribution >= 4 is 33.6 Å². The number of hydrogen-bond donors (Lipinski definition) is 5. The quantitative estimate of drug-likeness (QED) is 0.179. The zero-order valence-electron chi connectivity index (χ0n) is 23.8. The summed E-state index contributed by atoms with van der Waals surface area (Å²) in [4.78, 5) is 49.0. The summed E-state index contributed by atoms with van der Waals surface area (Å²) in [7, 11) is -4.21. The van der Waals surface area contributed by atoms with Gasteiger partial charge in [-0.2, -0.15) is 5.26 Å². The molecule has 0 bridgehead atoms. The fourth-order valence-corrected chi connectivity index (χ4v) is 5.68. The molecule has 2 amide bonds. The van der Waals surface area contributed by atoms with Gasteiger partial charge in [0.25, 0.3) is 0 Å². The first-order valence-electron chi connectivity index (χ1n) is 13.4. The molecule has 3 aromatic carbocycles. The highest BCUT2D eigenvalue weighted by Crippen LogP contribution is 2.24. The Morgan fingerprint density at radius 2 is 1.56 bits per heavy atom. The first-order chi connectivity index (χ1) is 20.8. The van der Waals surface area contributed by atoms with Crippen LogP contribution in [0.15, 0.2) is 78.9 Å². The van der Waals surface area contributed by atoms with E-state index in [1.807, 2.05) is 0 Å². The van der Waals surface area contributed by atoms with E-state index in [0.717, 1.165) is 0 Å². The first-order valence-corrected chi connectivity index (χ1v) is 14.8. The Labute approximate surface area is 249 Å². The van der Waals surface area contributed by atoms with Crippen molar-refractivity contribution in [3.8, 4) is 17.2 Å². The number of sulfone groups is 1. The summed E-state index contributed by atoms with van der Waals surface area (Å²) < 4.78 is 34.9. The van der Waals surface area contributed by atoms with Crippen molar-refractivity contribution in [2.24, 2.45) is 5.73 Å². The number of carbonyl (C=O) groups excluding carboxylic acids is 2. The summed E-state index contributed by atoms with van der Waals surface area (Å²) in [5.41, 5.74) is 7.68. The molecule has 0 aliphatic rings. The number of carboxylic acid groups (broad SMARTS) is 2. The number of hydrogen-bond acceptors (Lipinski definition) is 8. The van der Waals surface area contributed by atoms with E-state index < -0.39 is 69.6 Å². The molecule has 0 aliphatic carbocycles. The molecule has 224 valence electrons. The van der Waals surface area contributed by atoms with Crippen LogP contribution in [0.3, 0.4) is 0 Å². The van der Waals surface area contributed by atoms with E-state index in [-0.39, 0.29) is 17.3 Å². The molecule has 12 nitrogen and oxygen atoms in total. The van der Waals surface area contributed by atoms with E-state index in [0.29, 0.717) is 22.3 Å². The molecule has 3 atom stereocenters. The van der Waals surface area contributed by atoms with E-state index in [2.05, 4.69) is 11.4 Å². The summed E-state index contributed by atoms with van der Waals surface area (Å²) >= 11 is 0. The van der Waals surface area contributed by atoms with E-state index in [9.17, 15) is 38.0 Å². The number of nitrogens with zero attached hydrogens (tertiary/aromatic N) is 1. The SMILES string of the molecule is [2H]N(C(=O)CC[C@H](N)C(=O)O)[C@@H](CS(=O)(=O)Cc1ccc(-c2ccccc2C#N)cc1)C(=O)NC(C(=O)O)c1ccccc1. The molecule has 0 aliphatic heterocycles. The van der Waals surface area contributed by atoms with Crippen LogP contribution in [0, 0.1) is 11.3 Å². The molecule has 13 heteroatoms. The fraction of sp³-hybridized carbons (Fsp3) is 0.233. The van der Waals surface area contributed by atoms with Crippen LogP contribution < -0.4 is 16.4 Å². The average Bonchev–Trinajstić information content (AvgIpc) is 3.01. The van der Waals surface area contributed by atoms with Gasteiger partial charge in [-0.15, -0.1) is 0 Å². The summed E-state index contributed by atoms with van der Waals surface area (Å²) in [5.74, 6) is -6.74. The zero-order chi connectivity index (χ0) is 32.4. The molecule has 0 radical (unpaired) electrons. The number of amides is 2. The van der Waals surface area contributed by atoms with Crippen molar-refractivity contribution in [3.05, 3.63) is 95.6 Å². The van der Waals surface area contributed by atoms with Crippen LogP contribution in [0.5, 0.6) is 0 Å². The number of nitrogens with one attached hydrogen (secondary N) is 2. The largest absolute Gasteiger partial charge is 0.480 e. The number of carbonyl (C=O) groups is 4. The molecule has 0 spiro atoms. The average molecular weight is 608 g/mol. The number of benzene rings is 3. The summed E-state index contributed by atoms with van der Waals surface area (Å²) in [6.07, 6.45) is -0.957. The van der Waals surface area contributed by atoms with Crippen molar-refractivity contribution in [2.75, 3.05) is 5.75 Å². The molecular weight excluding hydrogens is 576 g/mol. The van der Waals surface area contributed by atoms with E-state index in [4.69, 9.17) is 12.3 Å². The van der Waals surface area contributed by atoms with Crippen LogP contribution in [0.4, 0.5) is 0 Å². The van der Waals surface area contributed by atoms with Gasteiger partial charge in [0.15, 0.2) is 17.3 Å². The molecule has 1 unspecified atom stereocenters. The minimum absolute atomic E-state index is 0.118. The Hall–Kier alpha value is -5.06. The van der Waals surface area contributed by atoms with Crippen LogP contribution in [-0.2, 0) is 34.8 Å². The van der Waals surface area contributed by atoms with Gasteiger partial charge in [0.05, 0.1) is 23.1 Å². The zero-order valence-corrected chi connectivity index (χ0v) is 23.6. The lowest BCUT2D eigenvalue weighted by Gasteiger charge is -2.22. The lowest BCUT2D eigenvalue weighted by atomic mass is 10.00. The lowest BCUT2D eigenvalue weighted by Crippen LogP contribution is -2.52. The van der Waals surface area contributed by atoms with Crippen molar-refractivity contribution < 1.29 is 39.2 Å². The topological polar surface area (TPSA) is 217 Å². The van der Waals surface area contributed by atoms with Gasteiger partial charge >= 0.3 is 11.9 Å². The van der Waals surface area contributed by atoms with E-state index in [1.54, 1.807) is 42.5 Å². The minimum atomic E-state index is -4.21. The van der Waals surface area contributed by atoms with Crippen LogP contribution >= 0.6 is 0 Å². The summed E-state index contributed by atoms with van der Waals surface area (Å²) in [6, 6.07) is 17.8. The second-order valence-electron chi connectivity index (χ2n) is 9.62. The summed E-state index contributed by atoms with van der Waals surface area (Å²) in [5, 5.41) is 30.4. The van der Waals surface area contributed by atoms with E-state index >= 15 is 0 Å². The smallest absolute Gasteiger partial charge is 0.330 e. The number of carboxylic acids is 2. The Morgan fingerprint density at radius 3 is 2.16 bits per heavy atom. The highest BCUT2D eigenvalue weighted by molar-refractivity contribution is 7.90. The Balaban J connectivity index is 1.85. The van der Waals surface area contributed by atoms with Gasteiger partial charge < -0.3 is 26.6 Å². The van der Waals surface area contributed by atoms with Gasteiger partial charge in [-0.05, 0) is 34.7 Å². The fourth-order valence-electron chi connectivity index (χ4n) is 4.15. The Bertz CT molecular complexity index is 1660.